The van der Waals surface area contributed by atoms with Crippen molar-refractivity contribution in [3.63, 3.8) is 0 Å². The Morgan fingerprint density at radius 1 is 1.83 bits per heavy atom. The largest absolute Gasteiger partial charge is 0.453 e. The van der Waals surface area contributed by atoms with E-state index in [9.17, 15) is 4.79 Å². The Kier molecular flexibility index (Phi) is 3.31. The molecule has 3 N–H and O–H groups in total. The highest BCUT2D eigenvalue weighted by molar-refractivity contribution is 5.68. The lowest BCUT2D eigenvalue weighted by molar-refractivity contribution is 0.118. The fourth-order valence-electron chi connectivity index (χ4n) is 1.54. The summed E-state index contributed by atoms with van der Waals surface area (Å²) in [6.45, 7) is 1.41. The van der Waals surface area contributed by atoms with Gasteiger partial charge in [0.05, 0.1) is 7.11 Å². The van der Waals surface area contributed by atoms with Crippen LogP contribution in [0.2, 0.25) is 0 Å². The van der Waals surface area contributed by atoms with Gasteiger partial charge in [-0.3, -0.25) is 11.3 Å². The van der Waals surface area contributed by atoms with Crippen LogP contribution in [0, 0.1) is 0 Å². The molecule has 1 atom stereocenters. The molecule has 5 nitrogen and oxygen atoms in total. The third kappa shape index (κ3) is 1.86. The van der Waals surface area contributed by atoms with Crippen LogP contribution in [0.1, 0.15) is 12.8 Å². The molecule has 0 aromatic carbocycles. The first-order chi connectivity index (χ1) is 5.79. The third-order valence-electron chi connectivity index (χ3n) is 2.14. The number of carbonyl (C=O) groups is 1. The van der Waals surface area contributed by atoms with Crippen molar-refractivity contribution in [3.8, 4) is 0 Å². The van der Waals surface area contributed by atoms with Crippen LogP contribution in [0.5, 0.6) is 0 Å². The van der Waals surface area contributed by atoms with Crippen LogP contribution in [0.3, 0.4) is 0 Å². The van der Waals surface area contributed by atoms with E-state index in [4.69, 9.17) is 5.84 Å². The Labute approximate surface area is 71.8 Å². The zero-order valence-corrected chi connectivity index (χ0v) is 7.25. The maximum Gasteiger partial charge on any atom is 0.409 e. The number of likely N-dealkylation sites (tertiary alicyclic amines) is 1. The molecule has 1 amide bonds. The first-order valence-electron chi connectivity index (χ1n) is 4.07. The molecule has 12 heavy (non-hydrogen) atoms. The van der Waals surface area contributed by atoms with E-state index >= 15 is 0 Å². The monoisotopic (exact) mass is 173 g/mol. The number of nitrogens with zero attached hydrogens (tertiary/aromatic N) is 1. The molecule has 1 unspecified atom stereocenters. The SMILES string of the molecule is COC(=O)N1CCCC1CNN. The minimum absolute atomic E-state index is 0.197. The Morgan fingerprint density at radius 2 is 2.58 bits per heavy atom. The number of methoxy groups -OCH3 is 1. The second-order valence-electron chi connectivity index (χ2n) is 2.87. The van der Waals surface area contributed by atoms with Crippen LogP contribution < -0.4 is 11.3 Å². The van der Waals surface area contributed by atoms with E-state index < -0.39 is 0 Å². The average Bonchev–Trinajstić information content (AvgIpc) is 2.52. The second-order valence-corrected chi connectivity index (χ2v) is 2.87. The van der Waals surface area contributed by atoms with E-state index in [0.29, 0.717) is 6.54 Å². The van der Waals surface area contributed by atoms with Crippen molar-refractivity contribution < 1.29 is 9.53 Å². The first kappa shape index (κ1) is 9.28. The quantitative estimate of drug-likeness (QED) is 0.443. The zero-order chi connectivity index (χ0) is 8.97. The fraction of sp³-hybridized carbons (Fsp3) is 0.857. The molecule has 0 saturated carbocycles. The van der Waals surface area contributed by atoms with Crippen molar-refractivity contribution in [1.29, 1.82) is 0 Å². The van der Waals surface area contributed by atoms with Gasteiger partial charge in [-0.05, 0) is 12.8 Å². The minimum Gasteiger partial charge on any atom is -0.453 e. The number of rotatable bonds is 2. The highest BCUT2D eigenvalue weighted by Gasteiger charge is 2.28. The number of hydrazine groups is 1. The Balaban J connectivity index is 2.45. The normalized spacial score (nSPS) is 22.8. The molecule has 1 aliphatic heterocycles. The molecule has 0 bridgehead atoms. The van der Waals surface area contributed by atoms with Crippen molar-refractivity contribution in [2.45, 2.75) is 18.9 Å². The molecule has 0 aromatic heterocycles. The molecular formula is C7H15N3O2. The number of amides is 1. The van der Waals surface area contributed by atoms with E-state index in [1.54, 1.807) is 4.90 Å². The molecule has 1 rings (SSSR count). The molecule has 1 saturated heterocycles. The van der Waals surface area contributed by atoms with Crippen LogP contribution in [0.25, 0.3) is 0 Å². The zero-order valence-electron chi connectivity index (χ0n) is 7.25. The minimum atomic E-state index is -0.257. The van der Waals surface area contributed by atoms with Crippen molar-refractivity contribution in [2.24, 2.45) is 5.84 Å². The van der Waals surface area contributed by atoms with E-state index in [1.807, 2.05) is 0 Å². The van der Waals surface area contributed by atoms with Gasteiger partial charge in [-0.15, -0.1) is 0 Å². The lowest BCUT2D eigenvalue weighted by atomic mass is 10.2. The standard InChI is InChI=1S/C7H15N3O2/c1-12-7(11)10-4-2-3-6(10)5-9-8/h6,9H,2-5,8H2,1H3. The molecule has 1 aliphatic rings. The van der Waals surface area contributed by atoms with E-state index in [2.05, 4.69) is 10.2 Å². The molecule has 0 radical (unpaired) electrons. The Bertz CT molecular complexity index is 163. The number of hydrogen-bond acceptors (Lipinski definition) is 4. The number of hydrogen-bond donors (Lipinski definition) is 2. The number of ether oxygens (including phenoxy) is 1. The van der Waals surface area contributed by atoms with E-state index in [1.165, 1.54) is 7.11 Å². The summed E-state index contributed by atoms with van der Waals surface area (Å²) in [5.41, 5.74) is 2.57. The molecule has 5 heteroatoms. The summed E-state index contributed by atoms with van der Waals surface area (Å²) in [6, 6.07) is 0.197. The van der Waals surface area contributed by atoms with Gasteiger partial charge in [-0.1, -0.05) is 0 Å². The highest BCUT2D eigenvalue weighted by Crippen LogP contribution is 2.16. The van der Waals surface area contributed by atoms with Crippen molar-refractivity contribution in [3.05, 3.63) is 0 Å². The second kappa shape index (κ2) is 4.27. The van der Waals surface area contributed by atoms with Crippen LogP contribution in [0.15, 0.2) is 0 Å². The molecule has 0 aromatic rings. The Hall–Kier alpha value is -0.810. The molecule has 0 spiro atoms. The van der Waals surface area contributed by atoms with Gasteiger partial charge < -0.3 is 9.64 Å². The van der Waals surface area contributed by atoms with Crippen molar-refractivity contribution in [1.82, 2.24) is 10.3 Å². The van der Waals surface area contributed by atoms with Crippen LogP contribution in [-0.4, -0.2) is 37.2 Å². The maximum absolute atomic E-state index is 11.1. The molecule has 1 fully saturated rings. The van der Waals surface area contributed by atoms with Gasteiger partial charge in [0.25, 0.3) is 0 Å². The van der Waals surface area contributed by atoms with Gasteiger partial charge in [0, 0.05) is 19.1 Å². The molecular weight excluding hydrogens is 158 g/mol. The molecule has 1 heterocycles. The third-order valence-corrected chi connectivity index (χ3v) is 2.14. The summed E-state index contributed by atoms with van der Waals surface area (Å²) >= 11 is 0. The predicted molar refractivity (Wildman–Crippen MR) is 44.3 cm³/mol. The number of carbonyl (C=O) groups excluding carboxylic acids is 1. The summed E-state index contributed by atoms with van der Waals surface area (Å²) in [4.78, 5) is 12.8. The fourth-order valence-corrected chi connectivity index (χ4v) is 1.54. The topological polar surface area (TPSA) is 67.6 Å². The molecule has 70 valence electrons. The summed E-state index contributed by atoms with van der Waals surface area (Å²) in [5, 5.41) is 0. The Morgan fingerprint density at radius 3 is 3.17 bits per heavy atom. The van der Waals surface area contributed by atoms with Crippen LogP contribution in [0.4, 0.5) is 4.79 Å². The van der Waals surface area contributed by atoms with Crippen LogP contribution in [-0.2, 0) is 4.74 Å². The number of nitrogens with one attached hydrogen (secondary N) is 1. The number of nitrogens with two attached hydrogens (primary N) is 1. The lowest BCUT2D eigenvalue weighted by Crippen LogP contribution is -2.43. The van der Waals surface area contributed by atoms with E-state index in [-0.39, 0.29) is 12.1 Å². The van der Waals surface area contributed by atoms with Gasteiger partial charge in [-0.2, -0.15) is 0 Å². The summed E-state index contributed by atoms with van der Waals surface area (Å²) in [5.74, 6) is 5.18. The summed E-state index contributed by atoms with van der Waals surface area (Å²) in [6.07, 6.45) is 1.77. The van der Waals surface area contributed by atoms with Gasteiger partial charge in [0.1, 0.15) is 0 Å². The van der Waals surface area contributed by atoms with E-state index in [0.717, 1.165) is 19.4 Å². The van der Waals surface area contributed by atoms with Gasteiger partial charge in [0.2, 0.25) is 0 Å². The lowest BCUT2D eigenvalue weighted by Gasteiger charge is -2.22. The van der Waals surface area contributed by atoms with Gasteiger partial charge in [0.15, 0.2) is 0 Å². The van der Waals surface area contributed by atoms with Crippen molar-refractivity contribution in [2.75, 3.05) is 20.2 Å². The van der Waals surface area contributed by atoms with Gasteiger partial charge >= 0.3 is 6.09 Å². The molecule has 0 aliphatic carbocycles. The summed E-state index contributed by atoms with van der Waals surface area (Å²) < 4.78 is 4.63. The smallest absolute Gasteiger partial charge is 0.409 e. The van der Waals surface area contributed by atoms with Crippen molar-refractivity contribution >= 4 is 6.09 Å². The predicted octanol–water partition coefficient (Wildman–Crippen LogP) is -0.319. The highest BCUT2D eigenvalue weighted by atomic mass is 16.5. The summed E-state index contributed by atoms with van der Waals surface area (Å²) in [7, 11) is 1.40. The van der Waals surface area contributed by atoms with Gasteiger partial charge in [-0.25, -0.2) is 4.79 Å². The average molecular weight is 173 g/mol. The van der Waals surface area contributed by atoms with Crippen LogP contribution >= 0.6 is 0 Å². The first-order valence-corrected chi connectivity index (χ1v) is 4.07. The maximum atomic E-state index is 11.1.